The average Bonchev–Trinajstić information content (AvgIpc) is 2.76. The van der Waals surface area contributed by atoms with Gasteiger partial charge in [-0.2, -0.15) is 0 Å². The first-order chi connectivity index (χ1) is 14.8. The Bertz CT molecular complexity index is 956. The molecule has 8 nitrogen and oxygen atoms in total. The van der Waals surface area contributed by atoms with E-state index >= 15 is 0 Å². The summed E-state index contributed by atoms with van der Waals surface area (Å²) in [6.07, 6.45) is 0.415. The highest BCUT2D eigenvalue weighted by atomic mass is 16.5. The number of benzene rings is 2. The van der Waals surface area contributed by atoms with Crippen molar-refractivity contribution < 1.29 is 28.6 Å². The summed E-state index contributed by atoms with van der Waals surface area (Å²) in [6.45, 7) is 2.95. The molecule has 8 heteroatoms. The number of hydrogen-bond acceptors (Lipinski definition) is 6. The summed E-state index contributed by atoms with van der Waals surface area (Å²) >= 11 is 0. The monoisotopic (exact) mass is 426 g/mol. The van der Waals surface area contributed by atoms with E-state index in [2.05, 4.69) is 10.6 Å². The van der Waals surface area contributed by atoms with Gasteiger partial charge in [0.1, 0.15) is 5.70 Å². The third-order valence-corrected chi connectivity index (χ3v) is 4.21. The molecule has 0 radical (unpaired) electrons. The molecule has 0 saturated heterocycles. The van der Waals surface area contributed by atoms with E-state index in [4.69, 9.17) is 14.2 Å². The van der Waals surface area contributed by atoms with Crippen LogP contribution in [0, 0.1) is 0 Å². The minimum Gasteiger partial charge on any atom is -0.493 e. The van der Waals surface area contributed by atoms with Crippen LogP contribution in [0.4, 0.5) is 0 Å². The molecule has 0 aliphatic heterocycles. The molecule has 0 bridgehead atoms. The van der Waals surface area contributed by atoms with Crippen LogP contribution < -0.4 is 20.1 Å². The lowest BCUT2D eigenvalue weighted by Crippen LogP contribution is -2.37. The lowest BCUT2D eigenvalue weighted by atomic mass is 10.2. The van der Waals surface area contributed by atoms with Crippen molar-refractivity contribution in [2.75, 3.05) is 14.2 Å². The molecule has 0 aromatic heterocycles. The molecule has 164 valence electrons. The topological polar surface area (TPSA) is 103 Å². The SMILES string of the molecule is COc1ccc(CNC(=O)C(C)OC(=O)C(=Cc2ccccc2)NC(C)=O)cc1OC. The van der Waals surface area contributed by atoms with Gasteiger partial charge in [-0.25, -0.2) is 4.79 Å². The molecule has 0 aliphatic carbocycles. The van der Waals surface area contributed by atoms with Crippen LogP contribution in [0.2, 0.25) is 0 Å². The number of carbonyl (C=O) groups excluding carboxylic acids is 3. The van der Waals surface area contributed by atoms with E-state index in [1.54, 1.807) is 42.5 Å². The van der Waals surface area contributed by atoms with Gasteiger partial charge in [0.25, 0.3) is 5.91 Å². The summed E-state index contributed by atoms with van der Waals surface area (Å²) < 4.78 is 15.7. The van der Waals surface area contributed by atoms with E-state index in [1.807, 2.05) is 6.07 Å². The van der Waals surface area contributed by atoms with Crippen LogP contribution in [-0.2, 0) is 25.7 Å². The van der Waals surface area contributed by atoms with Gasteiger partial charge in [0, 0.05) is 13.5 Å². The number of methoxy groups -OCH3 is 2. The smallest absolute Gasteiger partial charge is 0.355 e. The first-order valence-corrected chi connectivity index (χ1v) is 9.58. The number of nitrogens with one attached hydrogen (secondary N) is 2. The van der Waals surface area contributed by atoms with Crippen LogP contribution in [0.1, 0.15) is 25.0 Å². The fourth-order valence-electron chi connectivity index (χ4n) is 2.65. The van der Waals surface area contributed by atoms with Crippen LogP contribution in [-0.4, -0.2) is 38.1 Å². The van der Waals surface area contributed by atoms with Crippen LogP contribution in [0.15, 0.2) is 54.2 Å². The predicted molar refractivity (Wildman–Crippen MR) is 115 cm³/mol. The van der Waals surface area contributed by atoms with E-state index in [9.17, 15) is 14.4 Å². The fourth-order valence-corrected chi connectivity index (χ4v) is 2.65. The Labute approximate surface area is 181 Å². The molecular weight excluding hydrogens is 400 g/mol. The first-order valence-electron chi connectivity index (χ1n) is 9.58. The molecule has 1 unspecified atom stereocenters. The van der Waals surface area contributed by atoms with E-state index < -0.39 is 23.9 Å². The summed E-state index contributed by atoms with van der Waals surface area (Å²) in [4.78, 5) is 36.4. The molecule has 0 heterocycles. The van der Waals surface area contributed by atoms with Crippen LogP contribution in [0.25, 0.3) is 6.08 Å². The van der Waals surface area contributed by atoms with Crippen molar-refractivity contribution in [3.05, 3.63) is 65.4 Å². The largest absolute Gasteiger partial charge is 0.493 e. The number of rotatable bonds is 9. The molecule has 2 rings (SSSR count). The standard InChI is InChI=1S/C23H26N2O6/c1-15(22(27)24-14-18-10-11-20(29-3)21(13-18)30-4)31-23(28)19(25-16(2)26)12-17-8-6-5-7-9-17/h5-13,15H,14H2,1-4H3,(H,24,27)(H,25,26). The third-order valence-electron chi connectivity index (χ3n) is 4.21. The molecule has 2 N–H and O–H groups in total. The highest BCUT2D eigenvalue weighted by Gasteiger charge is 2.21. The molecule has 0 fully saturated rings. The maximum absolute atomic E-state index is 12.5. The zero-order chi connectivity index (χ0) is 22.8. The van der Waals surface area contributed by atoms with Gasteiger partial charge in [-0.15, -0.1) is 0 Å². The Morgan fingerprint density at radius 3 is 2.29 bits per heavy atom. The van der Waals surface area contributed by atoms with E-state index in [1.165, 1.54) is 34.1 Å². The number of ether oxygens (including phenoxy) is 3. The van der Waals surface area contributed by atoms with Gasteiger partial charge < -0.3 is 24.8 Å². The van der Waals surface area contributed by atoms with Crippen molar-refractivity contribution in [2.45, 2.75) is 26.5 Å². The van der Waals surface area contributed by atoms with Gasteiger partial charge in [-0.3, -0.25) is 9.59 Å². The second-order valence-electron chi connectivity index (χ2n) is 6.60. The summed E-state index contributed by atoms with van der Waals surface area (Å²) in [6, 6.07) is 14.2. The Morgan fingerprint density at radius 2 is 1.68 bits per heavy atom. The molecule has 1 atom stereocenters. The van der Waals surface area contributed by atoms with Crippen molar-refractivity contribution in [1.29, 1.82) is 0 Å². The summed E-state index contributed by atoms with van der Waals surface area (Å²) in [5, 5.41) is 5.15. The summed E-state index contributed by atoms with van der Waals surface area (Å²) in [7, 11) is 3.06. The van der Waals surface area contributed by atoms with Crippen molar-refractivity contribution >= 4 is 23.9 Å². The van der Waals surface area contributed by atoms with Gasteiger partial charge in [0.15, 0.2) is 17.6 Å². The molecule has 2 amide bonds. The number of esters is 1. The molecule has 2 aromatic carbocycles. The molecule has 2 aromatic rings. The Balaban J connectivity index is 2.00. The first kappa shape index (κ1) is 23.5. The van der Waals surface area contributed by atoms with Gasteiger partial charge in [0.05, 0.1) is 14.2 Å². The molecule has 0 saturated carbocycles. The zero-order valence-corrected chi connectivity index (χ0v) is 17.9. The minimum atomic E-state index is -1.07. The van der Waals surface area contributed by atoms with Gasteiger partial charge in [0.2, 0.25) is 5.91 Å². The average molecular weight is 426 g/mol. The number of hydrogen-bond donors (Lipinski definition) is 2. The summed E-state index contributed by atoms with van der Waals surface area (Å²) in [5.74, 6) is -0.599. The van der Waals surface area contributed by atoms with Crippen LogP contribution >= 0.6 is 0 Å². The van der Waals surface area contributed by atoms with Gasteiger partial charge in [-0.1, -0.05) is 36.4 Å². The Morgan fingerprint density at radius 1 is 1.00 bits per heavy atom. The molecule has 0 spiro atoms. The minimum absolute atomic E-state index is 0.0572. The molecule has 0 aliphatic rings. The van der Waals surface area contributed by atoms with Crippen LogP contribution in [0.3, 0.4) is 0 Å². The van der Waals surface area contributed by atoms with Gasteiger partial charge >= 0.3 is 5.97 Å². The highest BCUT2D eigenvalue weighted by Crippen LogP contribution is 2.27. The second-order valence-corrected chi connectivity index (χ2v) is 6.60. The molecule has 31 heavy (non-hydrogen) atoms. The van der Waals surface area contributed by atoms with E-state index in [0.29, 0.717) is 17.1 Å². The normalized spacial score (nSPS) is 11.8. The zero-order valence-electron chi connectivity index (χ0n) is 17.9. The number of carbonyl (C=O) groups is 3. The van der Waals surface area contributed by atoms with E-state index in [-0.39, 0.29) is 12.2 Å². The maximum atomic E-state index is 12.5. The number of amides is 2. The van der Waals surface area contributed by atoms with Crippen molar-refractivity contribution in [1.82, 2.24) is 10.6 Å². The van der Waals surface area contributed by atoms with Crippen molar-refractivity contribution in [2.24, 2.45) is 0 Å². The maximum Gasteiger partial charge on any atom is 0.355 e. The Kier molecular flexibility index (Phi) is 8.63. The highest BCUT2D eigenvalue weighted by molar-refractivity contribution is 5.98. The van der Waals surface area contributed by atoms with Gasteiger partial charge in [-0.05, 0) is 36.3 Å². The van der Waals surface area contributed by atoms with Crippen molar-refractivity contribution in [3.63, 3.8) is 0 Å². The second kappa shape index (κ2) is 11.4. The Hall–Kier alpha value is -3.81. The van der Waals surface area contributed by atoms with E-state index in [0.717, 1.165) is 5.56 Å². The van der Waals surface area contributed by atoms with Crippen molar-refractivity contribution in [3.8, 4) is 11.5 Å². The fraction of sp³-hybridized carbons (Fsp3) is 0.261. The quantitative estimate of drug-likeness (QED) is 0.472. The predicted octanol–water partition coefficient (Wildman–Crippen LogP) is 2.43. The third kappa shape index (κ3) is 7.18. The van der Waals surface area contributed by atoms with Crippen LogP contribution in [0.5, 0.6) is 11.5 Å². The lowest BCUT2D eigenvalue weighted by Gasteiger charge is -2.16. The molecular formula is C23H26N2O6. The summed E-state index contributed by atoms with van der Waals surface area (Å²) in [5.41, 5.74) is 1.43. The lowest BCUT2D eigenvalue weighted by molar-refractivity contribution is -0.151.